The van der Waals surface area contributed by atoms with Gasteiger partial charge in [-0.1, -0.05) is 30.3 Å². The number of hydrogen-bond donors (Lipinski definition) is 2. The molecular formula is C15H14BrFN2O. The summed E-state index contributed by atoms with van der Waals surface area (Å²) in [6.07, 6.45) is 0.436. The summed E-state index contributed by atoms with van der Waals surface area (Å²) in [5.74, 6) is -0.769. The van der Waals surface area contributed by atoms with E-state index in [9.17, 15) is 9.18 Å². The summed E-state index contributed by atoms with van der Waals surface area (Å²) >= 11 is 3.06. The maximum Gasteiger partial charge on any atom is 0.241 e. The summed E-state index contributed by atoms with van der Waals surface area (Å²) in [7, 11) is 0. The molecule has 2 aromatic carbocycles. The lowest BCUT2D eigenvalue weighted by molar-refractivity contribution is -0.117. The molecule has 20 heavy (non-hydrogen) atoms. The molecule has 0 unspecified atom stereocenters. The predicted molar refractivity (Wildman–Crippen MR) is 80.9 cm³/mol. The number of nitrogens with two attached hydrogens (primary N) is 1. The largest absolute Gasteiger partial charge is 0.325 e. The summed E-state index contributed by atoms with van der Waals surface area (Å²) in [5, 5.41) is 2.61. The summed E-state index contributed by atoms with van der Waals surface area (Å²) in [6, 6.07) is 13.2. The van der Waals surface area contributed by atoms with E-state index in [1.165, 1.54) is 12.1 Å². The first kappa shape index (κ1) is 14.7. The van der Waals surface area contributed by atoms with Gasteiger partial charge in [-0.15, -0.1) is 0 Å². The Hall–Kier alpha value is -1.72. The van der Waals surface area contributed by atoms with Crippen molar-refractivity contribution in [1.82, 2.24) is 0 Å². The first-order valence-corrected chi connectivity index (χ1v) is 6.91. The fraction of sp³-hybridized carbons (Fsp3) is 0.133. The minimum Gasteiger partial charge on any atom is -0.325 e. The van der Waals surface area contributed by atoms with Crippen molar-refractivity contribution < 1.29 is 9.18 Å². The third kappa shape index (κ3) is 3.88. The molecule has 2 rings (SSSR count). The van der Waals surface area contributed by atoms with Gasteiger partial charge in [0.2, 0.25) is 5.91 Å². The zero-order valence-electron chi connectivity index (χ0n) is 10.6. The second-order valence-corrected chi connectivity index (χ2v) is 5.27. The lowest BCUT2D eigenvalue weighted by atomic mass is 10.1. The van der Waals surface area contributed by atoms with Crippen LogP contribution in [0, 0.1) is 5.82 Å². The average Bonchev–Trinajstić information content (AvgIpc) is 2.44. The van der Waals surface area contributed by atoms with Crippen molar-refractivity contribution in [1.29, 1.82) is 0 Å². The molecule has 0 bridgehead atoms. The van der Waals surface area contributed by atoms with E-state index in [1.54, 1.807) is 6.07 Å². The van der Waals surface area contributed by atoms with Gasteiger partial charge in [0.15, 0.2) is 0 Å². The van der Waals surface area contributed by atoms with Gasteiger partial charge in [-0.3, -0.25) is 4.79 Å². The van der Waals surface area contributed by atoms with Gasteiger partial charge in [0.05, 0.1) is 10.5 Å². The van der Waals surface area contributed by atoms with Crippen molar-refractivity contribution >= 4 is 27.5 Å². The Balaban J connectivity index is 1.99. The van der Waals surface area contributed by atoms with Crippen molar-refractivity contribution in [3.05, 3.63) is 64.4 Å². The molecule has 0 saturated heterocycles. The van der Waals surface area contributed by atoms with E-state index >= 15 is 0 Å². The molecule has 0 saturated carbocycles. The van der Waals surface area contributed by atoms with Gasteiger partial charge in [-0.05, 0) is 46.1 Å². The summed E-state index contributed by atoms with van der Waals surface area (Å²) in [4.78, 5) is 11.9. The van der Waals surface area contributed by atoms with Gasteiger partial charge < -0.3 is 11.1 Å². The number of rotatable bonds is 4. The zero-order chi connectivity index (χ0) is 14.5. The number of nitrogens with one attached hydrogen (secondary N) is 1. The van der Waals surface area contributed by atoms with Crippen molar-refractivity contribution in [2.75, 3.05) is 5.32 Å². The molecule has 5 heteroatoms. The second-order valence-electron chi connectivity index (χ2n) is 4.41. The smallest absolute Gasteiger partial charge is 0.241 e. The summed E-state index contributed by atoms with van der Waals surface area (Å²) < 4.78 is 13.7. The van der Waals surface area contributed by atoms with Crippen LogP contribution >= 0.6 is 15.9 Å². The molecule has 0 aliphatic rings. The Morgan fingerprint density at radius 1 is 1.25 bits per heavy atom. The van der Waals surface area contributed by atoms with Gasteiger partial charge in [0, 0.05) is 5.69 Å². The molecule has 0 aliphatic carbocycles. The molecule has 3 nitrogen and oxygen atoms in total. The Labute approximate surface area is 125 Å². The van der Waals surface area contributed by atoms with E-state index in [0.717, 1.165) is 5.56 Å². The van der Waals surface area contributed by atoms with Crippen LogP contribution in [-0.4, -0.2) is 11.9 Å². The SMILES string of the molecule is N[C@H](Cc1ccccc1)C(=O)Nc1ccc(Br)c(F)c1. The molecule has 104 valence electrons. The number of hydrogen-bond acceptors (Lipinski definition) is 2. The highest BCUT2D eigenvalue weighted by Crippen LogP contribution is 2.19. The predicted octanol–water partition coefficient (Wildman–Crippen LogP) is 3.10. The highest BCUT2D eigenvalue weighted by molar-refractivity contribution is 9.10. The van der Waals surface area contributed by atoms with Crippen LogP contribution in [0.4, 0.5) is 10.1 Å². The van der Waals surface area contributed by atoms with Gasteiger partial charge in [-0.2, -0.15) is 0 Å². The number of carbonyl (C=O) groups is 1. The van der Waals surface area contributed by atoms with E-state index in [1.807, 2.05) is 30.3 Å². The zero-order valence-corrected chi connectivity index (χ0v) is 12.2. The molecular weight excluding hydrogens is 323 g/mol. The lowest BCUT2D eigenvalue weighted by Crippen LogP contribution is -2.37. The molecule has 0 aliphatic heterocycles. The third-order valence-electron chi connectivity index (χ3n) is 2.82. The molecule has 1 amide bonds. The Bertz CT molecular complexity index is 604. The number of halogens is 2. The van der Waals surface area contributed by atoms with Crippen molar-refractivity contribution in [2.24, 2.45) is 5.73 Å². The molecule has 0 aromatic heterocycles. The normalized spacial score (nSPS) is 11.9. The number of benzene rings is 2. The van der Waals surface area contributed by atoms with Gasteiger partial charge in [0.1, 0.15) is 5.82 Å². The van der Waals surface area contributed by atoms with Crippen molar-refractivity contribution in [3.8, 4) is 0 Å². The molecule has 0 radical (unpaired) electrons. The topological polar surface area (TPSA) is 55.1 Å². The lowest BCUT2D eigenvalue weighted by Gasteiger charge is -2.12. The Morgan fingerprint density at radius 2 is 1.95 bits per heavy atom. The average molecular weight is 337 g/mol. The first-order chi connectivity index (χ1) is 9.56. The van der Waals surface area contributed by atoms with Crippen LogP contribution in [0.1, 0.15) is 5.56 Å². The highest BCUT2D eigenvalue weighted by Gasteiger charge is 2.14. The molecule has 2 aromatic rings. The van der Waals surface area contributed by atoms with E-state index in [4.69, 9.17) is 5.73 Å². The van der Waals surface area contributed by atoms with Gasteiger partial charge >= 0.3 is 0 Å². The van der Waals surface area contributed by atoms with Crippen LogP contribution in [-0.2, 0) is 11.2 Å². The Morgan fingerprint density at radius 3 is 2.60 bits per heavy atom. The van der Waals surface area contributed by atoms with Crippen LogP contribution < -0.4 is 11.1 Å². The molecule has 3 N–H and O–H groups in total. The maximum absolute atomic E-state index is 13.3. The van der Waals surface area contributed by atoms with Crippen LogP contribution in [0.2, 0.25) is 0 Å². The van der Waals surface area contributed by atoms with Gasteiger partial charge in [-0.25, -0.2) is 4.39 Å². The molecule has 0 fully saturated rings. The third-order valence-corrected chi connectivity index (χ3v) is 3.47. The number of anilines is 1. The van der Waals surface area contributed by atoms with Gasteiger partial charge in [0.25, 0.3) is 0 Å². The fourth-order valence-electron chi connectivity index (χ4n) is 1.77. The summed E-state index contributed by atoms with van der Waals surface area (Å²) in [6.45, 7) is 0. The minimum absolute atomic E-state index is 0.337. The van der Waals surface area contributed by atoms with E-state index < -0.39 is 11.9 Å². The van der Waals surface area contributed by atoms with Crippen LogP contribution in [0.3, 0.4) is 0 Å². The second kappa shape index (κ2) is 6.63. The first-order valence-electron chi connectivity index (χ1n) is 6.11. The number of carbonyl (C=O) groups excluding carboxylic acids is 1. The quantitative estimate of drug-likeness (QED) is 0.901. The van der Waals surface area contributed by atoms with E-state index in [-0.39, 0.29) is 5.91 Å². The minimum atomic E-state index is -0.677. The standard InChI is InChI=1S/C15H14BrFN2O/c16-12-7-6-11(9-13(12)17)19-15(20)14(18)8-10-4-2-1-3-5-10/h1-7,9,14H,8,18H2,(H,19,20)/t14-/m1/s1. The van der Waals surface area contributed by atoms with Crippen LogP contribution in [0.25, 0.3) is 0 Å². The number of amides is 1. The van der Waals surface area contributed by atoms with E-state index in [0.29, 0.717) is 16.6 Å². The van der Waals surface area contributed by atoms with Crippen molar-refractivity contribution in [3.63, 3.8) is 0 Å². The van der Waals surface area contributed by atoms with Crippen molar-refractivity contribution in [2.45, 2.75) is 12.5 Å². The monoisotopic (exact) mass is 336 g/mol. The fourth-order valence-corrected chi connectivity index (χ4v) is 2.02. The molecule has 1 atom stereocenters. The molecule has 0 spiro atoms. The van der Waals surface area contributed by atoms with Crippen LogP contribution in [0.5, 0.6) is 0 Å². The summed E-state index contributed by atoms with van der Waals surface area (Å²) in [5.41, 5.74) is 7.22. The van der Waals surface area contributed by atoms with E-state index in [2.05, 4.69) is 21.2 Å². The molecule has 0 heterocycles. The Kier molecular flexibility index (Phi) is 4.87. The highest BCUT2D eigenvalue weighted by atomic mass is 79.9. The van der Waals surface area contributed by atoms with Crippen LogP contribution in [0.15, 0.2) is 53.0 Å². The maximum atomic E-state index is 13.3.